The average molecular weight is 365 g/mol. The summed E-state index contributed by atoms with van der Waals surface area (Å²) in [6.45, 7) is 4.53. The SMILES string of the molecule is C[C@H]1CNCCc2ccc(Cc3ccccc3)cc21.O=C(O)C(F)(F)F. The summed E-state index contributed by atoms with van der Waals surface area (Å²) in [5.74, 6) is -2.14. The second-order valence-electron chi connectivity index (χ2n) is 6.35. The first-order valence-electron chi connectivity index (χ1n) is 8.44. The van der Waals surface area contributed by atoms with Crippen molar-refractivity contribution in [3.05, 3.63) is 70.8 Å². The Balaban J connectivity index is 0.000000298. The highest BCUT2D eigenvalue weighted by atomic mass is 19.4. The van der Waals surface area contributed by atoms with Gasteiger partial charge in [-0.1, -0.05) is 55.5 Å². The molecule has 0 aromatic heterocycles. The third-order valence-corrected chi connectivity index (χ3v) is 4.26. The average Bonchev–Trinajstić information content (AvgIpc) is 2.77. The Labute approximate surface area is 150 Å². The van der Waals surface area contributed by atoms with Gasteiger partial charge >= 0.3 is 12.1 Å². The molecule has 2 aromatic carbocycles. The summed E-state index contributed by atoms with van der Waals surface area (Å²) in [6.07, 6.45) is -2.89. The number of carbonyl (C=O) groups is 1. The molecule has 140 valence electrons. The molecule has 2 N–H and O–H groups in total. The molecule has 1 atom stereocenters. The Morgan fingerprint density at radius 1 is 1.15 bits per heavy atom. The lowest BCUT2D eigenvalue weighted by molar-refractivity contribution is -0.192. The largest absolute Gasteiger partial charge is 0.490 e. The van der Waals surface area contributed by atoms with Crippen molar-refractivity contribution in [2.75, 3.05) is 13.1 Å². The van der Waals surface area contributed by atoms with E-state index < -0.39 is 12.1 Å². The van der Waals surface area contributed by atoms with Gasteiger partial charge in [-0.15, -0.1) is 0 Å². The standard InChI is InChI=1S/C18H21N.C2HF3O2/c1-14-13-19-10-9-17-8-7-16(12-18(14)17)11-15-5-3-2-4-6-15;3-2(4,5)1(6)7/h2-8,12,14,19H,9-11,13H2,1H3;(H,6,7)/t14-;/m0./s1. The summed E-state index contributed by atoms with van der Waals surface area (Å²) in [6, 6.07) is 17.8. The number of alkyl halides is 3. The molecule has 1 heterocycles. The van der Waals surface area contributed by atoms with E-state index in [2.05, 4.69) is 60.8 Å². The molecule has 0 saturated heterocycles. The van der Waals surface area contributed by atoms with Crippen LogP contribution in [0, 0.1) is 0 Å². The number of carboxylic acids is 1. The number of nitrogens with one attached hydrogen (secondary N) is 1. The van der Waals surface area contributed by atoms with Gasteiger partial charge in [-0.05, 0) is 47.6 Å². The van der Waals surface area contributed by atoms with E-state index >= 15 is 0 Å². The van der Waals surface area contributed by atoms with Crippen LogP contribution in [0.1, 0.15) is 35.1 Å². The molecular formula is C20H22F3NO2. The van der Waals surface area contributed by atoms with Gasteiger partial charge in [-0.25, -0.2) is 4.79 Å². The molecule has 6 heteroatoms. The van der Waals surface area contributed by atoms with Crippen LogP contribution in [-0.2, 0) is 17.6 Å². The van der Waals surface area contributed by atoms with Gasteiger partial charge in [0.05, 0.1) is 0 Å². The molecule has 0 radical (unpaired) electrons. The van der Waals surface area contributed by atoms with E-state index in [9.17, 15) is 13.2 Å². The fourth-order valence-corrected chi connectivity index (χ4v) is 2.92. The van der Waals surface area contributed by atoms with Gasteiger partial charge in [0.2, 0.25) is 0 Å². The summed E-state index contributed by atoms with van der Waals surface area (Å²) in [5, 5.41) is 10.6. The number of aliphatic carboxylic acids is 1. The van der Waals surface area contributed by atoms with Crippen molar-refractivity contribution < 1.29 is 23.1 Å². The van der Waals surface area contributed by atoms with Crippen LogP contribution in [0.25, 0.3) is 0 Å². The molecule has 0 spiro atoms. The fourth-order valence-electron chi connectivity index (χ4n) is 2.92. The summed E-state index contributed by atoms with van der Waals surface area (Å²) in [5.41, 5.74) is 5.88. The molecule has 0 saturated carbocycles. The van der Waals surface area contributed by atoms with Gasteiger partial charge in [0, 0.05) is 6.54 Å². The minimum absolute atomic E-state index is 0.619. The quantitative estimate of drug-likeness (QED) is 0.840. The Bertz CT molecular complexity index is 730. The first kappa shape index (κ1) is 20.0. The highest BCUT2D eigenvalue weighted by molar-refractivity contribution is 5.73. The molecule has 0 amide bonds. The zero-order valence-corrected chi connectivity index (χ0v) is 14.5. The van der Waals surface area contributed by atoms with E-state index in [1.807, 2.05) is 0 Å². The maximum Gasteiger partial charge on any atom is 0.490 e. The second kappa shape index (κ2) is 8.85. The molecule has 3 rings (SSSR count). The maximum atomic E-state index is 10.6. The third kappa shape index (κ3) is 5.88. The van der Waals surface area contributed by atoms with Crippen molar-refractivity contribution in [2.45, 2.75) is 31.9 Å². The van der Waals surface area contributed by atoms with Crippen LogP contribution in [-0.4, -0.2) is 30.3 Å². The zero-order chi connectivity index (χ0) is 19.2. The number of benzene rings is 2. The normalized spacial score (nSPS) is 16.7. The third-order valence-electron chi connectivity index (χ3n) is 4.26. The summed E-state index contributed by atoms with van der Waals surface area (Å²) >= 11 is 0. The van der Waals surface area contributed by atoms with Crippen LogP contribution in [0.3, 0.4) is 0 Å². The lowest BCUT2D eigenvalue weighted by Crippen LogP contribution is -2.21. The number of hydrogen-bond donors (Lipinski definition) is 2. The molecule has 1 aliphatic heterocycles. The number of fused-ring (bicyclic) bond motifs is 1. The molecule has 0 bridgehead atoms. The number of carboxylic acid groups (broad SMARTS) is 1. The Hall–Kier alpha value is -2.34. The predicted octanol–water partition coefficient (Wildman–Crippen LogP) is 4.16. The Kier molecular flexibility index (Phi) is 6.80. The maximum absolute atomic E-state index is 10.6. The van der Waals surface area contributed by atoms with E-state index in [0.29, 0.717) is 5.92 Å². The summed E-state index contributed by atoms with van der Waals surface area (Å²) in [7, 11) is 0. The minimum Gasteiger partial charge on any atom is -0.475 e. The van der Waals surface area contributed by atoms with Gasteiger partial charge < -0.3 is 10.4 Å². The number of hydrogen-bond acceptors (Lipinski definition) is 2. The van der Waals surface area contributed by atoms with Gasteiger partial charge in [0.15, 0.2) is 0 Å². The van der Waals surface area contributed by atoms with E-state index in [1.165, 1.54) is 16.7 Å². The second-order valence-corrected chi connectivity index (χ2v) is 6.35. The van der Waals surface area contributed by atoms with E-state index in [4.69, 9.17) is 9.90 Å². The summed E-state index contributed by atoms with van der Waals surface area (Å²) < 4.78 is 31.7. The first-order valence-corrected chi connectivity index (χ1v) is 8.44. The van der Waals surface area contributed by atoms with Gasteiger partial charge in [-0.2, -0.15) is 13.2 Å². The van der Waals surface area contributed by atoms with Crippen LogP contribution in [0.4, 0.5) is 13.2 Å². The molecule has 1 aliphatic rings. The van der Waals surface area contributed by atoms with Gasteiger partial charge in [-0.3, -0.25) is 0 Å². The van der Waals surface area contributed by atoms with Crippen LogP contribution >= 0.6 is 0 Å². The van der Waals surface area contributed by atoms with Crippen LogP contribution in [0.15, 0.2) is 48.5 Å². The topological polar surface area (TPSA) is 49.3 Å². The monoisotopic (exact) mass is 365 g/mol. The summed E-state index contributed by atoms with van der Waals surface area (Å²) in [4.78, 5) is 8.90. The minimum atomic E-state index is -5.08. The highest BCUT2D eigenvalue weighted by Crippen LogP contribution is 2.24. The molecular weight excluding hydrogens is 343 g/mol. The van der Waals surface area contributed by atoms with Crippen LogP contribution in [0.2, 0.25) is 0 Å². The van der Waals surface area contributed by atoms with Crippen molar-refractivity contribution >= 4 is 5.97 Å². The Morgan fingerprint density at radius 3 is 2.42 bits per heavy atom. The van der Waals surface area contributed by atoms with Crippen LogP contribution < -0.4 is 5.32 Å². The Morgan fingerprint density at radius 2 is 1.81 bits per heavy atom. The molecule has 0 fully saturated rings. The zero-order valence-electron chi connectivity index (χ0n) is 14.5. The molecule has 2 aromatic rings. The lowest BCUT2D eigenvalue weighted by Gasteiger charge is -2.14. The van der Waals surface area contributed by atoms with Crippen molar-refractivity contribution in [3.63, 3.8) is 0 Å². The van der Waals surface area contributed by atoms with E-state index in [0.717, 1.165) is 25.9 Å². The van der Waals surface area contributed by atoms with Crippen molar-refractivity contribution in [1.82, 2.24) is 5.32 Å². The van der Waals surface area contributed by atoms with Crippen molar-refractivity contribution in [1.29, 1.82) is 0 Å². The highest BCUT2D eigenvalue weighted by Gasteiger charge is 2.38. The predicted molar refractivity (Wildman–Crippen MR) is 94.4 cm³/mol. The fraction of sp³-hybridized carbons (Fsp3) is 0.350. The molecule has 0 aliphatic carbocycles. The molecule has 26 heavy (non-hydrogen) atoms. The van der Waals surface area contributed by atoms with E-state index in [-0.39, 0.29) is 0 Å². The van der Waals surface area contributed by atoms with Gasteiger partial charge in [0.1, 0.15) is 0 Å². The lowest BCUT2D eigenvalue weighted by atomic mass is 9.92. The number of rotatable bonds is 2. The first-order chi connectivity index (χ1) is 12.3. The van der Waals surface area contributed by atoms with Crippen molar-refractivity contribution in [2.24, 2.45) is 0 Å². The van der Waals surface area contributed by atoms with Gasteiger partial charge in [0.25, 0.3) is 0 Å². The van der Waals surface area contributed by atoms with Crippen LogP contribution in [0.5, 0.6) is 0 Å². The van der Waals surface area contributed by atoms with E-state index in [1.54, 1.807) is 5.56 Å². The molecule has 3 nitrogen and oxygen atoms in total. The smallest absolute Gasteiger partial charge is 0.475 e. The number of halogens is 3. The van der Waals surface area contributed by atoms with Crippen molar-refractivity contribution in [3.8, 4) is 0 Å². The molecule has 0 unspecified atom stereocenters.